The zero-order valence-electron chi connectivity index (χ0n) is 19.9. The molecule has 0 aliphatic rings. The van der Waals surface area contributed by atoms with E-state index < -0.39 is 13.0 Å². The first-order valence-corrected chi connectivity index (χ1v) is 11.5. The standard InChI is InChI=1S/C27H24F2N6O/c1-4-36-17(2)20-10-22-24(11-21(20)19-12-32-34(3)13-19)30-16-31-27(22)23-14-35(15-25(28)29)33-26(23)18-8-6-5-7-9-18/h5-14,16,25H,2,4,15H2,1,3H3. The highest BCUT2D eigenvalue weighted by Gasteiger charge is 2.21. The number of ether oxygens (including phenoxy) is 1. The van der Waals surface area contributed by atoms with Gasteiger partial charge in [-0.2, -0.15) is 10.2 Å². The molecule has 0 fully saturated rings. The van der Waals surface area contributed by atoms with Crippen molar-refractivity contribution < 1.29 is 13.5 Å². The fourth-order valence-corrected chi connectivity index (χ4v) is 4.24. The van der Waals surface area contributed by atoms with Crippen molar-refractivity contribution in [3.05, 3.63) is 79.5 Å². The third-order valence-electron chi connectivity index (χ3n) is 5.80. The van der Waals surface area contributed by atoms with Crippen LogP contribution in [0.1, 0.15) is 12.5 Å². The lowest BCUT2D eigenvalue weighted by Gasteiger charge is -2.14. The van der Waals surface area contributed by atoms with Crippen molar-refractivity contribution in [2.75, 3.05) is 6.61 Å². The largest absolute Gasteiger partial charge is 0.494 e. The molecule has 3 aromatic heterocycles. The fourth-order valence-electron chi connectivity index (χ4n) is 4.24. The second-order valence-electron chi connectivity index (χ2n) is 8.27. The van der Waals surface area contributed by atoms with E-state index in [9.17, 15) is 8.78 Å². The predicted octanol–water partition coefficient (Wildman–Crippen LogP) is 5.83. The number of benzene rings is 2. The molecule has 0 unspecified atom stereocenters. The lowest BCUT2D eigenvalue weighted by Crippen LogP contribution is -2.06. The Kier molecular flexibility index (Phi) is 6.28. The van der Waals surface area contributed by atoms with Gasteiger partial charge in [0.15, 0.2) is 0 Å². The second-order valence-corrected chi connectivity index (χ2v) is 8.27. The summed E-state index contributed by atoms with van der Waals surface area (Å²) < 4.78 is 35.2. The number of aromatic nitrogens is 6. The molecule has 0 saturated carbocycles. The fraction of sp³-hybridized carbons (Fsp3) is 0.185. The van der Waals surface area contributed by atoms with Crippen LogP contribution in [0.5, 0.6) is 0 Å². The molecule has 5 rings (SSSR count). The van der Waals surface area contributed by atoms with E-state index in [1.54, 1.807) is 17.1 Å². The highest BCUT2D eigenvalue weighted by molar-refractivity contribution is 6.00. The Hall–Kier alpha value is -4.40. The molecule has 0 radical (unpaired) electrons. The maximum atomic E-state index is 13.2. The lowest BCUT2D eigenvalue weighted by molar-refractivity contribution is 0.122. The summed E-state index contributed by atoms with van der Waals surface area (Å²) in [6.07, 6.45) is 4.23. The SMILES string of the molecule is C=C(OCC)c1cc2c(-c3cn(CC(F)F)nc3-c3ccccc3)ncnc2cc1-c1cnn(C)c1. The Morgan fingerprint density at radius 2 is 1.83 bits per heavy atom. The van der Waals surface area contributed by atoms with Gasteiger partial charge in [-0.05, 0) is 24.6 Å². The third-order valence-corrected chi connectivity index (χ3v) is 5.80. The number of nitrogens with zero attached hydrogens (tertiary/aromatic N) is 6. The van der Waals surface area contributed by atoms with Crippen LogP contribution in [0.3, 0.4) is 0 Å². The Labute approximate surface area is 206 Å². The van der Waals surface area contributed by atoms with E-state index >= 15 is 0 Å². The predicted molar refractivity (Wildman–Crippen MR) is 135 cm³/mol. The molecule has 5 aromatic rings. The third kappa shape index (κ3) is 4.47. The highest BCUT2D eigenvalue weighted by Crippen LogP contribution is 2.38. The number of hydrogen-bond acceptors (Lipinski definition) is 5. The van der Waals surface area contributed by atoms with Crippen molar-refractivity contribution in [2.24, 2.45) is 7.05 Å². The van der Waals surface area contributed by atoms with Gasteiger partial charge >= 0.3 is 0 Å². The molecule has 0 N–H and O–H groups in total. The van der Waals surface area contributed by atoms with Crippen LogP contribution in [-0.2, 0) is 18.3 Å². The van der Waals surface area contributed by atoms with E-state index in [1.165, 1.54) is 11.0 Å². The zero-order chi connectivity index (χ0) is 25.2. The quantitative estimate of drug-likeness (QED) is 0.258. The van der Waals surface area contributed by atoms with E-state index in [1.807, 2.05) is 62.6 Å². The zero-order valence-corrected chi connectivity index (χ0v) is 19.9. The summed E-state index contributed by atoms with van der Waals surface area (Å²) in [5, 5.41) is 9.51. The van der Waals surface area contributed by atoms with E-state index in [-0.39, 0.29) is 0 Å². The molecule has 0 atom stereocenters. The first-order chi connectivity index (χ1) is 17.4. The van der Waals surface area contributed by atoms with E-state index in [0.717, 1.165) is 27.6 Å². The van der Waals surface area contributed by atoms with Gasteiger partial charge in [0, 0.05) is 47.1 Å². The molecule has 0 aliphatic heterocycles. The number of aryl methyl sites for hydroxylation is 1. The van der Waals surface area contributed by atoms with Gasteiger partial charge in [-0.3, -0.25) is 9.36 Å². The minimum Gasteiger partial charge on any atom is -0.494 e. The first kappa shape index (κ1) is 23.3. The molecule has 0 bridgehead atoms. The number of fused-ring (bicyclic) bond motifs is 1. The van der Waals surface area contributed by atoms with Gasteiger partial charge in [-0.25, -0.2) is 18.7 Å². The molecule has 0 amide bonds. The monoisotopic (exact) mass is 486 g/mol. The van der Waals surface area contributed by atoms with Crippen molar-refractivity contribution in [3.63, 3.8) is 0 Å². The molecular formula is C27H24F2N6O. The Balaban J connectivity index is 1.75. The summed E-state index contributed by atoms with van der Waals surface area (Å²) >= 11 is 0. The van der Waals surface area contributed by atoms with Gasteiger partial charge in [0.25, 0.3) is 6.43 Å². The molecule has 2 aromatic carbocycles. The Morgan fingerprint density at radius 1 is 1.03 bits per heavy atom. The van der Waals surface area contributed by atoms with Gasteiger partial charge in [-0.15, -0.1) is 0 Å². The van der Waals surface area contributed by atoms with E-state index in [0.29, 0.717) is 34.8 Å². The van der Waals surface area contributed by atoms with E-state index in [2.05, 4.69) is 26.7 Å². The Bertz CT molecular complexity index is 1540. The van der Waals surface area contributed by atoms with Crippen molar-refractivity contribution >= 4 is 16.7 Å². The van der Waals surface area contributed by atoms with Crippen LogP contribution in [0.2, 0.25) is 0 Å². The summed E-state index contributed by atoms with van der Waals surface area (Å²) in [7, 11) is 1.85. The number of alkyl halides is 2. The summed E-state index contributed by atoms with van der Waals surface area (Å²) in [5.41, 5.74) is 5.82. The minimum absolute atomic E-state index is 0.458. The van der Waals surface area contributed by atoms with Gasteiger partial charge in [0.1, 0.15) is 24.3 Å². The van der Waals surface area contributed by atoms with Crippen LogP contribution >= 0.6 is 0 Å². The van der Waals surface area contributed by atoms with Crippen LogP contribution in [-0.4, -0.2) is 42.6 Å². The molecular weight excluding hydrogens is 462 g/mol. The van der Waals surface area contributed by atoms with Crippen molar-refractivity contribution in [1.29, 1.82) is 0 Å². The first-order valence-electron chi connectivity index (χ1n) is 11.5. The molecule has 9 heteroatoms. The summed E-state index contributed by atoms with van der Waals surface area (Å²) in [6.45, 7) is 5.97. The maximum absolute atomic E-state index is 13.2. The smallest absolute Gasteiger partial charge is 0.257 e. The molecule has 0 saturated heterocycles. The van der Waals surface area contributed by atoms with Crippen LogP contribution in [0.25, 0.3) is 50.3 Å². The number of halogens is 2. The summed E-state index contributed by atoms with van der Waals surface area (Å²) in [6, 6.07) is 13.3. The van der Waals surface area contributed by atoms with Crippen LogP contribution in [0, 0.1) is 0 Å². The van der Waals surface area contributed by atoms with Gasteiger partial charge in [0.05, 0.1) is 24.0 Å². The molecule has 0 aliphatic carbocycles. The molecule has 3 heterocycles. The maximum Gasteiger partial charge on any atom is 0.257 e. The van der Waals surface area contributed by atoms with E-state index in [4.69, 9.17) is 4.74 Å². The van der Waals surface area contributed by atoms with Crippen molar-refractivity contribution in [2.45, 2.75) is 19.9 Å². The minimum atomic E-state index is -2.54. The summed E-state index contributed by atoms with van der Waals surface area (Å²) in [4.78, 5) is 9.08. The van der Waals surface area contributed by atoms with Gasteiger partial charge < -0.3 is 4.74 Å². The average molecular weight is 487 g/mol. The molecule has 0 spiro atoms. The lowest BCUT2D eigenvalue weighted by atomic mass is 9.96. The van der Waals surface area contributed by atoms with Crippen LogP contribution < -0.4 is 0 Å². The van der Waals surface area contributed by atoms with Crippen molar-refractivity contribution in [1.82, 2.24) is 29.5 Å². The normalized spacial score (nSPS) is 11.4. The van der Waals surface area contributed by atoms with Gasteiger partial charge in [-0.1, -0.05) is 36.9 Å². The van der Waals surface area contributed by atoms with Crippen molar-refractivity contribution in [3.8, 4) is 33.6 Å². The molecule has 7 nitrogen and oxygen atoms in total. The number of hydrogen-bond donors (Lipinski definition) is 0. The highest BCUT2D eigenvalue weighted by atomic mass is 19.3. The van der Waals surface area contributed by atoms with Gasteiger partial charge in [0.2, 0.25) is 0 Å². The summed E-state index contributed by atoms with van der Waals surface area (Å²) in [5.74, 6) is 0.504. The molecule has 182 valence electrons. The average Bonchev–Trinajstić information content (AvgIpc) is 3.49. The molecule has 36 heavy (non-hydrogen) atoms. The topological polar surface area (TPSA) is 70.7 Å². The Morgan fingerprint density at radius 3 is 2.53 bits per heavy atom. The number of rotatable bonds is 8. The van der Waals surface area contributed by atoms with Crippen LogP contribution in [0.4, 0.5) is 8.78 Å². The van der Waals surface area contributed by atoms with Crippen LogP contribution in [0.15, 0.2) is 74.0 Å². The second kappa shape index (κ2) is 9.69.